The van der Waals surface area contributed by atoms with Gasteiger partial charge in [-0.15, -0.1) is 0 Å². The smallest absolute Gasteiger partial charge is 0.146 e. The molecule has 2 rings (SSSR count). The number of ether oxygens (including phenoxy) is 1. The van der Waals surface area contributed by atoms with Gasteiger partial charge in [-0.05, 0) is 55.3 Å². The van der Waals surface area contributed by atoms with Crippen molar-refractivity contribution >= 4 is 11.6 Å². The molecule has 0 aromatic heterocycles. The fraction of sp³-hybridized carbons (Fsp3) is 0.200. The molecule has 94 valence electrons. The standard InChI is InChI=1S/C15H16ClNO/c1-11-2-7-14(16)15(10-11)18-13-5-3-12(4-6-13)8-9-17/h2-7,10H,8-9,17H2,1H3. The molecule has 3 heteroatoms. The molecule has 0 aliphatic carbocycles. The zero-order chi connectivity index (χ0) is 13.0. The molecule has 0 fully saturated rings. The molecule has 0 unspecified atom stereocenters. The first-order valence-electron chi connectivity index (χ1n) is 5.92. The molecule has 0 aliphatic rings. The van der Waals surface area contributed by atoms with Gasteiger partial charge in [-0.1, -0.05) is 29.8 Å². The van der Waals surface area contributed by atoms with Gasteiger partial charge in [-0.2, -0.15) is 0 Å². The predicted octanol–water partition coefficient (Wildman–Crippen LogP) is 3.94. The number of nitrogens with two attached hydrogens (primary N) is 1. The Kier molecular flexibility index (Phi) is 4.24. The second-order valence-electron chi connectivity index (χ2n) is 4.22. The van der Waals surface area contributed by atoms with Crippen LogP contribution >= 0.6 is 11.6 Å². The second-order valence-corrected chi connectivity index (χ2v) is 4.63. The van der Waals surface area contributed by atoms with Gasteiger partial charge in [-0.3, -0.25) is 0 Å². The highest BCUT2D eigenvalue weighted by Gasteiger charge is 2.03. The highest BCUT2D eigenvalue weighted by atomic mass is 35.5. The van der Waals surface area contributed by atoms with Crippen LogP contribution < -0.4 is 10.5 Å². The lowest BCUT2D eigenvalue weighted by Crippen LogP contribution is -2.02. The predicted molar refractivity (Wildman–Crippen MR) is 75.5 cm³/mol. The van der Waals surface area contributed by atoms with Gasteiger partial charge in [0.15, 0.2) is 0 Å². The monoisotopic (exact) mass is 261 g/mol. The van der Waals surface area contributed by atoms with Crippen LogP contribution in [0.3, 0.4) is 0 Å². The lowest BCUT2D eigenvalue weighted by atomic mass is 10.1. The van der Waals surface area contributed by atoms with Crippen LogP contribution in [0.4, 0.5) is 0 Å². The van der Waals surface area contributed by atoms with Crippen LogP contribution in [0.25, 0.3) is 0 Å². The Morgan fingerprint density at radius 3 is 2.50 bits per heavy atom. The van der Waals surface area contributed by atoms with Crippen molar-refractivity contribution in [2.45, 2.75) is 13.3 Å². The fourth-order valence-electron chi connectivity index (χ4n) is 1.71. The van der Waals surface area contributed by atoms with Crippen LogP contribution in [-0.4, -0.2) is 6.54 Å². The summed E-state index contributed by atoms with van der Waals surface area (Å²) in [5, 5.41) is 0.617. The Bertz CT molecular complexity index is 523. The van der Waals surface area contributed by atoms with E-state index in [0.717, 1.165) is 17.7 Å². The summed E-state index contributed by atoms with van der Waals surface area (Å²) in [5.74, 6) is 1.46. The quantitative estimate of drug-likeness (QED) is 0.905. The molecule has 0 atom stereocenters. The fourth-order valence-corrected chi connectivity index (χ4v) is 1.86. The first-order chi connectivity index (χ1) is 8.69. The van der Waals surface area contributed by atoms with Crippen LogP contribution in [0.1, 0.15) is 11.1 Å². The molecule has 2 aromatic rings. The molecule has 2 aromatic carbocycles. The minimum atomic E-state index is 0.617. The van der Waals surface area contributed by atoms with E-state index in [1.54, 1.807) is 0 Å². The third-order valence-electron chi connectivity index (χ3n) is 2.67. The Morgan fingerprint density at radius 1 is 1.11 bits per heavy atom. The Balaban J connectivity index is 2.15. The van der Waals surface area contributed by atoms with Crippen molar-refractivity contribution < 1.29 is 4.74 Å². The first-order valence-corrected chi connectivity index (χ1v) is 6.30. The van der Waals surface area contributed by atoms with Gasteiger partial charge in [0.25, 0.3) is 0 Å². The lowest BCUT2D eigenvalue weighted by Gasteiger charge is -2.09. The third kappa shape index (κ3) is 3.25. The minimum Gasteiger partial charge on any atom is -0.456 e. The average molecular weight is 262 g/mol. The van der Waals surface area contributed by atoms with Crippen LogP contribution in [0, 0.1) is 6.92 Å². The van der Waals surface area contributed by atoms with Crippen molar-refractivity contribution in [1.29, 1.82) is 0 Å². The van der Waals surface area contributed by atoms with E-state index in [2.05, 4.69) is 0 Å². The molecule has 0 bridgehead atoms. The zero-order valence-electron chi connectivity index (χ0n) is 10.3. The summed E-state index contributed by atoms with van der Waals surface area (Å²) in [6, 6.07) is 13.6. The third-order valence-corrected chi connectivity index (χ3v) is 2.98. The maximum atomic E-state index is 6.09. The summed E-state index contributed by atoms with van der Waals surface area (Å²) < 4.78 is 5.76. The number of hydrogen-bond donors (Lipinski definition) is 1. The Hall–Kier alpha value is -1.51. The van der Waals surface area contributed by atoms with E-state index in [9.17, 15) is 0 Å². The van der Waals surface area contributed by atoms with Crippen molar-refractivity contribution in [2.75, 3.05) is 6.54 Å². The van der Waals surface area contributed by atoms with Crippen molar-refractivity contribution in [3.63, 3.8) is 0 Å². The Labute approximate surface area is 112 Å². The molecule has 2 N–H and O–H groups in total. The number of aryl methyl sites for hydroxylation is 1. The molecular formula is C15H16ClNO. The Morgan fingerprint density at radius 2 is 1.83 bits per heavy atom. The number of benzene rings is 2. The summed E-state index contributed by atoms with van der Waals surface area (Å²) in [6.45, 7) is 2.66. The average Bonchev–Trinajstić information content (AvgIpc) is 2.37. The molecule has 0 saturated carbocycles. The minimum absolute atomic E-state index is 0.617. The van der Waals surface area contributed by atoms with Crippen LogP contribution in [0.2, 0.25) is 5.02 Å². The van der Waals surface area contributed by atoms with E-state index in [0.29, 0.717) is 17.3 Å². The van der Waals surface area contributed by atoms with E-state index in [4.69, 9.17) is 22.1 Å². The van der Waals surface area contributed by atoms with E-state index >= 15 is 0 Å². The first kappa shape index (κ1) is 12.9. The van der Waals surface area contributed by atoms with Gasteiger partial charge in [0.2, 0.25) is 0 Å². The topological polar surface area (TPSA) is 35.2 Å². The van der Waals surface area contributed by atoms with Crippen LogP contribution in [0.5, 0.6) is 11.5 Å². The van der Waals surface area contributed by atoms with E-state index in [-0.39, 0.29) is 0 Å². The zero-order valence-corrected chi connectivity index (χ0v) is 11.1. The molecule has 2 nitrogen and oxygen atoms in total. The molecular weight excluding hydrogens is 246 g/mol. The normalized spacial score (nSPS) is 10.4. The SMILES string of the molecule is Cc1ccc(Cl)c(Oc2ccc(CCN)cc2)c1. The largest absolute Gasteiger partial charge is 0.456 e. The molecule has 0 amide bonds. The summed E-state index contributed by atoms with van der Waals surface area (Å²) in [7, 11) is 0. The molecule has 18 heavy (non-hydrogen) atoms. The van der Waals surface area contributed by atoms with Crippen LogP contribution in [-0.2, 0) is 6.42 Å². The van der Waals surface area contributed by atoms with Crippen molar-refractivity contribution in [3.05, 3.63) is 58.6 Å². The summed E-state index contributed by atoms with van der Waals surface area (Å²) in [4.78, 5) is 0. The van der Waals surface area contributed by atoms with Gasteiger partial charge in [-0.25, -0.2) is 0 Å². The highest BCUT2D eigenvalue weighted by Crippen LogP contribution is 2.30. The number of hydrogen-bond acceptors (Lipinski definition) is 2. The number of halogens is 1. The van der Waals surface area contributed by atoms with Gasteiger partial charge < -0.3 is 10.5 Å². The van der Waals surface area contributed by atoms with E-state index in [1.807, 2.05) is 49.4 Å². The highest BCUT2D eigenvalue weighted by molar-refractivity contribution is 6.32. The lowest BCUT2D eigenvalue weighted by molar-refractivity contribution is 0.482. The molecule has 0 spiro atoms. The van der Waals surface area contributed by atoms with Gasteiger partial charge >= 0.3 is 0 Å². The number of rotatable bonds is 4. The van der Waals surface area contributed by atoms with Gasteiger partial charge in [0, 0.05) is 0 Å². The van der Waals surface area contributed by atoms with Crippen molar-refractivity contribution in [2.24, 2.45) is 5.73 Å². The van der Waals surface area contributed by atoms with Crippen LogP contribution in [0.15, 0.2) is 42.5 Å². The second kappa shape index (κ2) is 5.89. The van der Waals surface area contributed by atoms with Crippen molar-refractivity contribution in [3.8, 4) is 11.5 Å². The van der Waals surface area contributed by atoms with E-state index in [1.165, 1.54) is 5.56 Å². The summed E-state index contributed by atoms with van der Waals surface area (Å²) in [5.41, 5.74) is 7.84. The maximum absolute atomic E-state index is 6.09. The van der Waals surface area contributed by atoms with E-state index < -0.39 is 0 Å². The molecule has 0 radical (unpaired) electrons. The maximum Gasteiger partial charge on any atom is 0.146 e. The summed E-state index contributed by atoms with van der Waals surface area (Å²) >= 11 is 6.09. The molecule has 0 saturated heterocycles. The molecule has 0 aliphatic heterocycles. The van der Waals surface area contributed by atoms with Gasteiger partial charge in [0.1, 0.15) is 11.5 Å². The van der Waals surface area contributed by atoms with Crippen molar-refractivity contribution in [1.82, 2.24) is 0 Å². The summed E-state index contributed by atoms with van der Waals surface area (Å²) in [6.07, 6.45) is 0.880. The van der Waals surface area contributed by atoms with Gasteiger partial charge in [0.05, 0.1) is 5.02 Å². The molecule has 0 heterocycles.